The number of anilines is 2. The Bertz CT molecular complexity index is 1130. The molecule has 0 spiro atoms. The van der Waals surface area contributed by atoms with Gasteiger partial charge in [0.2, 0.25) is 5.91 Å². The third-order valence-electron chi connectivity index (χ3n) is 5.44. The first-order chi connectivity index (χ1) is 16.5. The highest BCUT2D eigenvalue weighted by molar-refractivity contribution is 6.30. The Morgan fingerprint density at radius 2 is 1.69 bits per heavy atom. The van der Waals surface area contributed by atoms with Gasteiger partial charge in [-0.1, -0.05) is 64.4 Å². The number of aromatic nitrogens is 2. The molecule has 2 aromatic carbocycles. The maximum Gasteiger partial charge on any atom is 0.322 e. The molecule has 0 fully saturated rings. The van der Waals surface area contributed by atoms with Crippen molar-refractivity contribution < 1.29 is 9.59 Å². The van der Waals surface area contributed by atoms with Gasteiger partial charge in [0.1, 0.15) is 12.4 Å². The minimum atomic E-state index is -0.311. The highest BCUT2D eigenvalue weighted by Crippen LogP contribution is 2.27. The number of halogens is 1. The Morgan fingerprint density at radius 1 is 1.03 bits per heavy atom. The molecule has 3 rings (SSSR count). The second-order valence-corrected chi connectivity index (χ2v) is 10.4. The van der Waals surface area contributed by atoms with E-state index in [1.807, 2.05) is 48.5 Å². The maximum atomic E-state index is 13.1. The van der Waals surface area contributed by atoms with Gasteiger partial charge in [0, 0.05) is 28.7 Å². The van der Waals surface area contributed by atoms with E-state index in [-0.39, 0.29) is 23.9 Å². The Kier molecular flexibility index (Phi) is 8.57. The summed E-state index contributed by atoms with van der Waals surface area (Å²) in [5.74, 6) is 0.632. The summed E-state index contributed by atoms with van der Waals surface area (Å²) in [6.45, 7) is 10.8. The van der Waals surface area contributed by atoms with Crippen molar-refractivity contribution in [2.24, 2.45) is 5.92 Å². The molecule has 0 radical (unpaired) electrons. The average Bonchev–Trinajstić information content (AvgIpc) is 3.22. The van der Waals surface area contributed by atoms with Gasteiger partial charge in [0.15, 0.2) is 0 Å². The molecule has 186 valence electrons. The summed E-state index contributed by atoms with van der Waals surface area (Å²) in [6.07, 6.45) is 0.784. The van der Waals surface area contributed by atoms with Gasteiger partial charge in [-0.25, -0.2) is 9.48 Å². The van der Waals surface area contributed by atoms with Crippen LogP contribution in [0.25, 0.3) is 5.69 Å². The number of amides is 3. The molecule has 2 N–H and O–H groups in total. The smallest absolute Gasteiger partial charge is 0.315 e. The molecule has 0 atom stereocenters. The lowest BCUT2D eigenvalue weighted by Gasteiger charge is -2.23. The summed E-state index contributed by atoms with van der Waals surface area (Å²) in [5, 5.41) is 11.2. The Balaban J connectivity index is 1.81. The number of carbonyl (C=O) groups is 2. The summed E-state index contributed by atoms with van der Waals surface area (Å²) < 4.78 is 1.69. The maximum absolute atomic E-state index is 13.1. The molecule has 0 bridgehead atoms. The second-order valence-electron chi connectivity index (χ2n) is 10.0. The van der Waals surface area contributed by atoms with Gasteiger partial charge in [0.05, 0.1) is 11.4 Å². The molecule has 0 saturated carbocycles. The average molecular weight is 496 g/mol. The van der Waals surface area contributed by atoms with Gasteiger partial charge in [-0.05, 0) is 48.7 Å². The summed E-state index contributed by atoms with van der Waals surface area (Å²) in [5.41, 5.74) is 2.08. The summed E-state index contributed by atoms with van der Waals surface area (Å²) in [7, 11) is 0. The van der Waals surface area contributed by atoms with E-state index in [2.05, 4.69) is 45.3 Å². The zero-order valence-electron chi connectivity index (χ0n) is 21.0. The Morgan fingerprint density at radius 3 is 2.29 bits per heavy atom. The fraction of sp³-hybridized carbons (Fsp3) is 0.370. The van der Waals surface area contributed by atoms with E-state index in [9.17, 15) is 9.59 Å². The van der Waals surface area contributed by atoms with Crippen LogP contribution in [0, 0.1) is 5.92 Å². The Labute approximate surface area is 212 Å². The van der Waals surface area contributed by atoms with Crippen LogP contribution in [0.3, 0.4) is 0 Å². The molecule has 0 saturated heterocycles. The van der Waals surface area contributed by atoms with Crippen LogP contribution in [0.4, 0.5) is 16.3 Å². The van der Waals surface area contributed by atoms with Crippen LogP contribution in [0.1, 0.15) is 46.7 Å². The first kappa shape index (κ1) is 26.3. The van der Waals surface area contributed by atoms with E-state index in [1.165, 1.54) is 4.90 Å². The van der Waals surface area contributed by atoms with Crippen LogP contribution >= 0.6 is 11.6 Å². The van der Waals surface area contributed by atoms with Crippen LogP contribution in [0.5, 0.6) is 0 Å². The molecule has 0 unspecified atom stereocenters. The third kappa shape index (κ3) is 7.59. The lowest BCUT2D eigenvalue weighted by Crippen LogP contribution is -2.41. The van der Waals surface area contributed by atoms with Gasteiger partial charge < -0.3 is 15.5 Å². The molecule has 3 aromatic rings. The van der Waals surface area contributed by atoms with Crippen molar-refractivity contribution in [3.63, 3.8) is 0 Å². The number of para-hydroxylation sites is 1. The van der Waals surface area contributed by atoms with Gasteiger partial charge in [-0.15, -0.1) is 0 Å². The van der Waals surface area contributed by atoms with Gasteiger partial charge in [-0.3, -0.25) is 4.79 Å². The number of urea groups is 1. The SMILES string of the molecule is CC(C)CCN(CC(=O)Nc1cc(C(C)(C)C)nn1-c1ccc(Cl)cc1)C(=O)Nc1ccccc1. The van der Waals surface area contributed by atoms with E-state index in [1.54, 1.807) is 16.8 Å². The summed E-state index contributed by atoms with van der Waals surface area (Å²) >= 11 is 6.06. The van der Waals surface area contributed by atoms with Crippen molar-refractivity contribution in [2.45, 2.75) is 46.5 Å². The topological polar surface area (TPSA) is 79.3 Å². The zero-order chi connectivity index (χ0) is 25.6. The number of carbonyl (C=O) groups excluding carboxylic acids is 2. The number of hydrogen-bond acceptors (Lipinski definition) is 3. The molecular weight excluding hydrogens is 462 g/mol. The lowest BCUT2D eigenvalue weighted by atomic mass is 9.92. The van der Waals surface area contributed by atoms with Crippen molar-refractivity contribution in [1.82, 2.24) is 14.7 Å². The van der Waals surface area contributed by atoms with Crippen molar-refractivity contribution in [3.8, 4) is 5.69 Å². The van der Waals surface area contributed by atoms with Crippen LogP contribution in [0.2, 0.25) is 5.02 Å². The molecule has 0 aliphatic heterocycles. The van der Waals surface area contributed by atoms with Crippen molar-refractivity contribution in [1.29, 1.82) is 0 Å². The third-order valence-corrected chi connectivity index (χ3v) is 5.69. The molecule has 0 aliphatic rings. The van der Waals surface area contributed by atoms with E-state index in [4.69, 9.17) is 16.7 Å². The number of nitrogens with one attached hydrogen (secondary N) is 2. The fourth-order valence-corrected chi connectivity index (χ4v) is 3.49. The van der Waals surface area contributed by atoms with Crippen molar-refractivity contribution in [2.75, 3.05) is 23.7 Å². The second kappa shape index (κ2) is 11.4. The minimum Gasteiger partial charge on any atom is -0.315 e. The van der Waals surface area contributed by atoms with Crippen LogP contribution in [-0.2, 0) is 10.2 Å². The molecule has 35 heavy (non-hydrogen) atoms. The van der Waals surface area contributed by atoms with Crippen LogP contribution < -0.4 is 10.6 Å². The number of benzene rings is 2. The van der Waals surface area contributed by atoms with E-state index in [0.29, 0.717) is 29.0 Å². The molecule has 0 aliphatic carbocycles. The quantitative estimate of drug-likeness (QED) is 0.382. The monoisotopic (exact) mass is 495 g/mol. The van der Waals surface area contributed by atoms with Gasteiger partial charge in [-0.2, -0.15) is 5.10 Å². The predicted octanol–water partition coefficient (Wildman–Crippen LogP) is 6.34. The minimum absolute atomic E-state index is 0.0813. The first-order valence-corrected chi connectivity index (χ1v) is 12.2. The molecule has 1 aromatic heterocycles. The molecule has 7 nitrogen and oxygen atoms in total. The lowest BCUT2D eigenvalue weighted by molar-refractivity contribution is -0.116. The number of nitrogens with zero attached hydrogens (tertiary/aromatic N) is 3. The zero-order valence-corrected chi connectivity index (χ0v) is 21.8. The number of hydrogen-bond donors (Lipinski definition) is 2. The molecule has 3 amide bonds. The van der Waals surface area contributed by atoms with E-state index >= 15 is 0 Å². The van der Waals surface area contributed by atoms with Gasteiger partial charge >= 0.3 is 6.03 Å². The normalized spacial score (nSPS) is 11.4. The molecule has 8 heteroatoms. The summed E-state index contributed by atoms with van der Waals surface area (Å²) in [6, 6.07) is 18.0. The molecule has 1 heterocycles. The Hall–Kier alpha value is -3.32. The largest absolute Gasteiger partial charge is 0.322 e. The van der Waals surface area contributed by atoms with Crippen molar-refractivity contribution >= 4 is 35.0 Å². The highest BCUT2D eigenvalue weighted by atomic mass is 35.5. The fourth-order valence-electron chi connectivity index (χ4n) is 3.36. The van der Waals surface area contributed by atoms with Crippen molar-refractivity contribution in [3.05, 3.63) is 71.4 Å². The van der Waals surface area contributed by atoms with Gasteiger partial charge in [0.25, 0.3) is 0 Å². The van der Waals surface area contributed by atoms with Crippen LogP contribution in [0.15, 0.2) is 60.7 Å². The predicted molar refractivity (Wildman–Crippen MR) is 142 cm³/mol. The number of rotatable bonds is 8. The highest BCUT2D eigenvalue weighted by Gasteiger charge is 2.23. The first-order valence-electron chi connectivity index (χ1n) is 11.8. The summed E-state index contributed by atoms with van der Waals surface area (Å²) in [4.78, 5) is 27.6. The van der Waals surface area contributed by atoms with E-state index in [0.717, 1.165) is 17.8 Å². The standard InChI is InChI=1S/C27H34ClN5O2/c1-19(2)15-16-32(26(35)29-21-9-7-6-8-10-21)18-25(34)30-24-17-23(27(3,4)5)31-33(24)22-13-11-20(28)12-14-22/h6-14,17,19H,15-16,18H2,1-5H3,(H,29,35)(H,30,34). The van der Waals surface area contributed by atoms with E-state index < -0.39 is 0 Å². The van der Waals surface area contributed by atoms with Crippen LogP contribution in [-0.4, -0.2) is 39.7 Å². The molecular formula is C27H34ClN5O2.